The molecule has 1 unspecified atom stereocenters. The van der Waals surface area contributed by atoms with Crippen LogP contribution in [0.2, 0.25) is 0 Å². The molecule has 1 saturated heterocycles. The first-order valence-electron chi connectivity index (χ1n) is 6.29. The first kappa shape index (κ1) is 13.0. The molecule has 1 atom stereocenters. The van der Waals surface area contributed by atoms with Crippen LogP contribution in [0.1, 0.15) is 29.3 Å². The van der Waals surface area contributed by atoms with Gasteiger partial charge in [-0.05, 0) is 37.1 Å². The number of aryl methyl sites for hydroxylation is 1. The summed E-state index contributed by atoms with van der Waals surface area (Å²) in [5.41, 5.74) is 1.05. The molecule has 1 aliphatic rings. The second-order valence-corrected chi connectivity index (χ2v) is 4.62. The van der Waals surface area contributed by atoms with Crippen molar-refractivity contribution in [1.29, 1.82) is 0 Å². The maximum atomic E-state index is 13.2. The molecule has 4 heteroatoms. The molecule has 0 radical (unpaired) electrons. The van der Waals surface area contributed by atoms with Crippen molar-refractivity contribution in [3.8, 4) is 0 Å². The van der Waals surface area contributed by atoms with E-state index in [1.165, 1.54) is 6.07 Å². The number of hydrogen-bond acceptors (Lipinski definition) is 2. The first-order valence-corrected chi connectivity index (χ1v) is 6.29. The monoisotopic (exact) mass is 251 g/mol. The normalized spacial score (nSPS) is 19.9. The van der Waals surface area contributed by atoms with E-state index in [1.807, 2.05) is 6.92 Å². The fourth-order valence-electron chi connectivity index (χ4n) is 2.11. The van der Waals surface area contributed by atoms with Crippen LogP contribution in [-0.2, 0) is 4.74 Å². The molecule has 0 aromatic heterocycles. The summed E-state index contributed by atoms with van der Waals surface area (Å²) in [4.78, 5) is 14.1. The number of ether oxygens (including phenoxy) is 1. The van der Waals surface area contributed by atoms with E-state index in [0.29, 0.717) is 30.8 Å². The molecule has 2 rings (SSSR count). The van der Waals surface area contributed by atoms with E-state index in [0.717, 1.165) is 6.42 Å². The highest BCUT2D eigenvalue weighted by Gasteiger charge is 2.24. The molecular formula is C14H18FNO2. The van der Waals surface area contributed by atoms with Gasteiger partial charge in [0.1, 0.15) is 5.82 Å². The predicted octanol–water partition coefficient (Wildman–Crippen LogP) is 2.39. The summed E-state index contributed by atoms with van der Waals surface area (Å²) in [7, 11) is 0. The molecule has 0 aliphatic carbocycles. The van der Waals surface area contributed by atoms with Crippen molar-refractivity contribution in [2.45, 2.75) is 26.4 Å². The summed E-state index contributed by atoms with van der Waals surface area (Å²) in [6.45, 7) is 5.50. The topological polar surface area (TPSA) is 29.5 Å². The minimum absolute atomic E-state index is 0.0418. The standard InChI is InChI=1S/C14H18FNO2/c1-3-12-9-16(6-7-18-12)14(17)11-4-5-13(15)10(2)8-11/h4-5,8,12H,3,6-7,9H2,1-2H3. The zero-order valence-electron chi connectivity index (χ0n) is 10.8. The van der Waals surface area contributed by atoms with Crippen LogP contribution in [0, 0.1) is 12.7 Å². The highest BCUT2D eigenvalue weighted by Crippen LogP contribution is 2.15. The van der Waals surface area contributed by atoms with Gasteiger partial charge in [0.15, 0.2) is 0 Å². The maximum absolute atomic E-state index is 13.2. The number of carbonyl (C=O) groups excluding carboxylic acids is 1. The molecular weight excluding hydrogens is 233 g/mol. The van der Waals surface area contributed by atoms with E-state index in [9.17, 15) is 9.18 Å². The van der Waals surface area contributed by atoms with Crippen molar-refractivity contribution in [2.75, 3.05) is 19.7 Å². The second kappa shape index (κ2) is 5.48. The summed E-state index contributed by atoms with van der Waals surface area (Å²) in [6, 6.07) is 4.50. The Bertz CT molecular complexity index is 447. The summed E-state index contributed by atoms with van der Waals surface area (Å²) >= 11 is 0. The fraction of sp³-hybridized carbons (Fsp3) is 0.500. The van der Waals surface area contributed by atoms with Gasteiger partial charge in [-0.1, -0.05) is 6.92 Å². The molecule has 3 nitrogen and oxygen atoms in total. The summed E-state index contributed by atoms with van der Waals surface area (Å²) in [6.07, 6.45) is 1.01. The van der Waals surface area contributed by atoms with Crippen LogP contribution in [0.4, 0.5) is 4.39 Å². The van der Waals surface area contributed by atoms with Crippen molar-refractivity contribution in [3.63, 3.8) is 0 Å². The number of benzene rings is 1. The third-order valence-electron chi connectivity index (χ3n) is 3.29. The zero-order chi connectivity index (χ0) is 13.1. The molecule has 1 aromatic rings. The van der Waals surface area contributed by atoms with Gasteiger partial charge in [0.05, 0.1) is 12.7 Å². The Morgan fingerprint density at radius 1 is 1.56 bits per heavy atom. The predicted molar refractivity (Wildman–Crippen MR) is 67.1 cm³/mol. The van der Waals surface area contributed by atoms with Crippen molar-refractivity contribution in [2.24, 2.45) is 0 Å². The average Bonchev–Trinajstić information content (AvgIpc) is 2.41. The van der Waals surface area contributed by atoms with Crippen LogP contribution in [0.5, 0.6) is 0 Å². The van der Waals surface area contributed by atoms with Crippen LogP contribution in [-0.4, -0.2) is 36.6 Å². The molecule has 0 saturated carbocycles. The van der Waals surface area contributed by atoms with Gasteiger partial charge in [0.2, 0.25) is 0 Å². The van der Waals surface area contributed by atoms with Crippen molar-refractivity contribution >= 4 is 5.91 Å². The number of nitrogens with zero attached hydrogens (tertiary/aromatic N) is 1. The Labute approximate surface area is 107 Å². The lowest BCUT2D eigenvalue weighted by Crippen LogP contribution is -2.45. The summed E-state index contributed by atoms with van der Waals surface area (Å²) < 4.78 is 18.7. The van der Waals surface area contributed by atoms with Gasteiger partial charge in [0, 0.05) is 18.7 Å². The molecule has 1 aliphatic heterocycles. The van der Waals surface area contributed by atoms with Gasteiger partial charge >= 0.3 is 0 Å². The average molecular weight is 251 g/mol. The minimum Gasteiger partial charge on any atom is -0.375 e. The number of halogens is 1. The molecule has 18 heavy (non-hydrogen) atoms. The highest BCUT2D eigenvalue weighted by atomic mass is 19.1. The van der Waals surface area contributed by atoms with Gasteiger partial charge in [-0.2, -0.15) is 0 Å². The SMILES string of the molecule is CCC1CN(C(=O)c2ccc(F)c(C)c2)CCO1. The van der Waals surface area contributed by atoms with E-state index in [1.54, 1.807) is 24.0 Å². The van der Waals surface area contributed by atoms with E-state index in [4.69, 9.17) is 4.74 Å². The lowest BCUT2D eigenvalue weighted by molar-refractivity contribution is -0.0226. The number of rotatable bonds is 2. The lowest BCUT2D eigenvalue weighted by Gasteiger charge is -2.32. The zero-order valence-corrected chi connectivity index (χ0v) is 10.8. The molecule has 1 amide bonds. The Morgan fingerprint density at radius 2 is 2.33 bits per heavy atom. The number of amides is 1. The third kappa shape index (κ3) is 2.70. The highest BCUT2D eigenvalue weighted by molar-refractivity contribution is 5.94. The van der Waals surface area contributed by atoms with Crippen molar-refractivity contribution < 1.29 is 13.9 Å². The summed E-state index contributed by atoms with van der Waals surface area (Å²) in [5, 5.41) is 0. The van der Waals surface area contributed by atoms with Crippen molar-refractivity contribution in [1.82, 2.24) is 4.90 Å². The Balaban J connectivity index is 2.12. The number of morpholine rings is 1. The molecule has 1 fully saturated rings. The second-order valence-electron chi connectivity index (χ2n) is 4.62. The Kier molecular flexibility index (Phi) is 3.97. The van der Waals surface area contributed by atoms with Gasteiger partial charge < -0.3 is 9.64 Å². The Hall–Kier alpha value is -1.42. The molecule has 0 bridgehead atoms. The molecule has 0 N–H and O–H groups in total. The van der Waals surface area contributed by atoms with Crippen LogP contribution in [0.15, 0.2) is 18.2 Å². The van der Waals surface area contributed by atoms with E-state index in [2.05, 4.69) is 0 Å². The van der Waals surface area contributed by atoms with Crippen LogP contribution in [0.3, 0.4) is 0 Å². The molecule has 1 aromatic carbocycles. The fourth-order valence-corrected chi connectivity index (χ4v) is 2.11. The quantitative estimate of drug-likeness (QED) is 0.807. The number of carbonyl (C=O) groups is 1. The maximum Gasteiger partial charge on any atom is 0.254 e. The smallest absolute Gasteiger partial charge is 0.254 e. The van der Waals surface area contributed by atoms with E-state index >= 15 is 0 Å². The Morgan fingerprint density at radius 3 is 3.00 bits per heavy atom. The van der Waals surface area contributed by atoms with Crippen molar-refractivity contribution in [3.05, 3.63) is 35.1 Å². The first-order chi connectivity index (χ1) is 8.61. The van der Waals surface area contributed by atoms with E-state index in [-0.39, 0.29) is 17.8 Å². The number of hydrogen-bond donors (Lipinski definition) is 0. The van der Waals surface area contributed by atoms with Gasteiger partial charge in [-0.15, -0.1) is 0 Å². The van der Waals surface area contributed by atoms with Gasteiger partial charge in [-0.3, -0.25) is 4.79 Å². The largest absolute Gasteiger partial charge is 0.375 e. The van der Waals surface area contributed by atoms with E-state index < -0.39 is 0 Å². The van der Waals surface area contributed by atoms with Crippen LogP contribution >= 0.6 is 0 Å². The van der Waals surface area contributed by atoms with Crippen LogP contribution < -0.4 is 0 Å². The molecule has 0 spiro atoms. The summed E-state index contributed by atoms with van der Waals surface area (Å²) in [5.74, 6) is -0.320. The minimum atomic E-state index is -0.278. The molecule has 1 heterocycles. The van der Waals surface area contributed by atoms with Crippen LogP contribution in [0.25, 0.3) is 0 Å². The van der Waals surface area contributed by atoms with Gasteiger partial charge in [0.25, 0.3) is 5.91 Å². The third-order valence-corrected chi connectivity index (χ3v) is 3.29. The van der Waals surface area contributed by atoms with Gasteiger partial charge in [-0.25, -0.2) is 4.39 Å². The lowest BCUT2D eigenvalue weighted by atomic mass is 10.1. The molecule has 98 valence electrons.